The van der Waals surface area contributed by atoms with Crippen molar-refractivity contribution in [1.82, 2.24) is 5.32 Å². The highest BCUT2D eigenvalue weighted by atomic mass is 19.1. The molecule has 0 fully saturated rings. The Bertz CT molecular complexity index is 366. The molecule has 3 nitrogen and oxygen atoms in total. The molecule has 0 aromatic heterocycles. The number of hydrogen-bond donors (Lipinski definition) is 1. The summed E-state index contributed by atoms with van der Waals surface area (Å²) in [7, 11) is 3.30. The smallest absolute Gasteiger partial charge is 0.166 e. The number of methoxy groups -OCH3 is 1. The van der Waals surface area contributed by atoms with E-state index in [1.54, 1.807) is 0 Å². The summed E-state index contributed by atoms with van der Waals surface area (Å²) >= 11 is 0. The minimum Gasteiger partial charge on any atom is -0.496 e. The molecule has 0 aliphatic heterocycles. The molecule has 88 valence electrons. The van der Waals surface area contributed by atoms with Gasteiger partial charge >= 0.3 is 0 Å². The fourth-order valence-corrected chi connectivity index (χ4v) is 1.46. The van der Waals surface area contributed by atoms with Gasteiger partial charge in [0.05, 0.1) is 12.7 Å². The second-order valence-electron chi connectivity index (χ2n) is 3.47. The zero-order valence-corrected chi connectivity index (χ0v) is 9.55. The molecule has 0 amide bonds. The average Bonchev–Trinajstić information content (AvgIpc) is 2.29. The van der Waals surface area contributed by atoms with Gasteiger partial charge in [0.2, 0.25) is 0 Å². The third-order valence-corrected chi connectivity index (χ3v) is 2.29. The summed E-state index contributed by atoms with van der Waals surface area (Å²) in [6.07, 6.45) is 1.12. The molecule has 16 heavy (non-hydrogen) atoms. The summed E-state index contributed by atoms with van der Waals surface area (Å²) < 4.78 is 18.0. The third kappa shape index (κ3) is 3.31. The van der Waals surface area contributed by atoms with E-state index < -0.39 is 5.82 Å². The van der Waals surface area contributed by atoms with Crippen LogP contribution in [0.2, 0.25) is 0 Å². The van der Waals surface area contributed by atoms with Crippen molar-refractivity contribution >= 4 is 5.78 Å². The van der Waals surface area contributed by atoms with E-state index in [1.807, 2.05) is 7.05 Å². The maximum absolute atomic E-state index is 13.0. The van der Waals surface area contributed by atoms with Gasteiger partial charge in [-0.1, -0.05) is 0 Å². The Labute approximate surface area is 94.6 Å². The fourth-order valence-electron chi connectivity index (χ4n) is 1.46. The van der Waals surface area contributed by atoms with Crippen molar-refractivity contribution in [3.63, 3.8) is 0 Å². The highest BCUT2D eigenvalue weighted by Gasteiger charge is 2.12. The Morgan fingerprint density at radius 3 is 2.88 bits per heavy atom. The van der Waals surface area contributed by atoms with Crippen LogP contribution in [0.15, 0.2) is 18.2 Å². The fraction of sp³-hybridized carbons (Fsp3) is 0.417. The van der Waals surface area contributed by atoms with Crippen LogP contribution < -0.4 is 10.1 Å². The van der Waals surface area contributed by atoms with E-state index >= 15 is 0 Å². The normalized spacial score (nSPS) is 10.2. The summed E-state index contributed by atoms with van der Waals surface area (Å²) in [5, 5.41) is 2.96. The van der Waals surface area contributed by atoms with Crippen molar-refractivity contribution in [2.45, 2.75) is 12.8 Å². The second kappa shape index (κ2) is 6.23. The highest BCUT2D eigenvalue weighted by Crippen LogP contribution is 2.21. The quantitative estimate of drug-likeness (QED) is 0.594. The zero-order valence-electron chi connectivity index (χ0n) is 9.55. The first kappa shape index (κ1) is 12.6. The molecule has 0 saturated heterocycles. The molecule has 4 heteroatoms. The molecule has 0 heterocycles. The first-order valence-electron chi connectivity index (χ1n) is 5.20. The Morgan fingerprint density at radius 1 is 1.50 bits per heavy atom. The molecule has 0 saturated carbocycles. The number of Topliss-reactive ketones (excluding diaryl/α,β-unsaturated/α-hetero) is 1. The van der Waals surface area contributed by atoms with Crippen LogP contribution in [-0.4, -0.2) is 26.5 Å². The summed E-state index contributed by atoms with van der Waals surface area (Å²) in [5.74, 6) is -0.0831. The molecule has 0 atom stereocenters. The standard InChI is InChI=1S/C12H16FNO2/c1-14-7-3-4-11(15)10-8-9(13)5-6-12(10)16-2/h5-6,8,14H,3-4,7H2,1-2H3. The van der Waals surface area contributed by atoms with Crippen molar-refractivity contribution in [3.8, 4) is 5.75 Å². The monoisotopic (exact) mass is 225 g/mol. The Balaban J connectivity index is 2.76. The Kier molecular flexibility index (Phi) is 4.92. The van der Waals surface area contributed by atoms with Crippen LogP contribution in [-0.2, 0) is 0 Å². The van der Waals surface area contributed by atoms with E-state index in [9.17, 15) is 9.18 Å². The predicted molar refractivity (Wildman–Crippen MR) is 60.4 cm³/mol. The number of ketones is 1. The van der Waals surface area contributed by atoms with Crippen LogP contribution in [0.25, 0.3) is 0 Å². The van der Waals surface area contributed by atoms with Crippen molar-refractivity contribution in [2.75, 3.05) is 20.7 Å². The van der Waals surface area contributed by atoms with Gasteiger partial charge in [0.1, 0.15) is 11.6 Å². The first-order valence-corrected chi connectivity index (χ1v) is 5.20. The average molecular weight is 225 g/mol. The van der Waals surface area contributed by atoms with Crippen molar-refractivity contribution in [3.05, 3.63) is 29.6 Å². The highest BCUT2D eigenvalue weighted by molar-refractivity contribution is 5.98. The second-order valence-corrected chi connectivity index (χ2v) is 3.47. The van der Waals surface area contributed by atoms with E-state index in [2.05, 4.69) is 5.32 Å². The number of ether oxygens (including phenoxy) is 1. The maximum atomic E-state index is 13.0. The predicted octanol–water partition coefficient (Wildman–Crippen LogP) is 2.02. The van der Waals surface area contributed by atoms with Gasteiger partial charge in [-0.3, -0.25) is 4.79 Å². The Morgan fingerprint density at radius 2 is 2.25 bits per heavy atom. The molecule has 1 N–H and O–H groups in total. The van der Waals surface area contributed by atoms with Gasteiger partial charge in [0.25, 0.3) is 0 Å². The van der Waals surface area contributed by atoms with E-state index in [4.69, 9.17) is 4.74 Å². The van der Waals surface area contributed by atoms with Crippen molar-refractivity contribution in [2.24, 2.45) is 0 Å². The number of nitrogens with one attached hydrogen (secondary N) is 1. The van der Waals surface area contributed by atoms with Crippen LogP contribution in [0, 0.1) is 5.82 Å². The van der Waals surface area contributed by atoms with Crippen molar-refractivity contribution < 1.29 is 13.9 Å². The number of hydrogen-bond acceptors (Lipinski definition) is 3. The molecule has 0 unspecified atom stereocenters. The molecule has 0 aliphatic carbocycles. The van der Waals surface area contributed by atoms with E-state index in [0.717, 1.165) is 13.0 Å². The van der Waals surface area contributed by atoms with E-state index in [1.165, 1.54) is 25.3 Å². The van der Waals surface area contributed by atoms with Gasteiger partial charge < -0.3 is 10.1 Å². The summed E-state index contributed by atoms with van der Waals surface area (Å²) in [5.41, 5.74) is 0.318. The number of rotatable bonds is 6. The summed E-state index contributed by atoms with van der Waals surface area (Å²) in [6, 6.07) is 3.98. The summed E-state index contributed by atoms with van der Waals surface area (Å²) in [6.45, 7) is 0.767. The topological polar surface area (TPSA) is 38.3 Å². The van der Waals surface area contributed by atoms with Crippen LogP contribution in [0.1, 0.15) is 23.2 Å². The lowest BCUT2D eigenvalue weighted by Crippen LogP contribution is -2.10. The molecule has 1 rings (SSSR count). The van der Waals surface area contributed by atoms with Crippen molar-refractivity contribution in [1.29, 1.82) is 0 Å². The number of halogens is 1. The SMILES string of the molecule is CNCCCC(=O)c1cc(F)ccc1OC. The largest absolute Gasteiger partial charge is 0.496 e. The first-order chi connectivity index (χ1) is 7.69. The van der Waals surface area contributed by atoms with Gasteiger partial charge in [0.15, 0.2) is 5.78 Å². The van der Waals surface area contributed by atoms with Gasteiger partial charge in [-0.2, -0.15) is 0 Å². The minimum absolute atomic E-state index is 0.0911. The zero-order chi connectivity index (χ0) is 12.0. The molecular weight excluding hydrogens is 209 g/mol. The lowest BCUT2D eigenvalue weighted by atomic mass is 10.1. The van der Waals surface area contributed by atoms with Gasteiger partial charge in [-0.25, -0.2) is 4.39 Å². The Hall–Kier alpha value is -1.42. The van der Waals surface area contributed by atoms with Crippen LogP contribution in [0.3, 0.4) is 0 Å². The molecule has 0 aliphatic rings. The molecule has 0 spiro atoms. The number of carbonyl (C=O) groups is 1. The van der Waals surface area contributed by atoms with Crippen LogP contribution >= 0.6 is 0 Å². The molecule has 0 radical (unpaired) electrons. The molecular formula is C12H16FNO2. The molecule has 1 aromatic carbocycles. The van der Waals surface area contributed by atoms with Gasteiger partial charge in [0, 0.05) is 6.42 Å². The lowest BCUT2D eigenvalue weighted by Gasteiger charge is -2.07. The van der Waals surface area contributed by atoms with Crippen LogP contribution in [0.4, 0.5) is 4.39 Å². The number of carbonyl (C=O) groups excluding carboxylic acids is 1. The molecule has 1 aromatic rings. The minimum atomic E-state index is -0.419. The van der Waals surface area contributed by atoms with E-state index in [0.29, 0.717) is 17.7 Å². The lowest BCUT2D eigenvalue weighted by molar-refractivity contribution is 0.0977. The van der Waals surface area contributed by atoms with E-state index in [-0.39, 0.29) is 5.78 Å². The summed E-state index contributed by atoms with van der Waals surface area (Å²) in [4.78, 5) is 11.8. The third-order valence-electron chi connectivity index (χ3n) is 2.29. The van der Waals surface area contributed by atoms with Crippen LogP contribution in [0.5, 0.6) is 5.75 Å². The van der Waals surface area contributed by atoms with Gasteiger partial charge in [-0.05, 0) is 38.2 Å². The number of benzene rings is 1. The maximum Gasteiger partial charge on any atom is 0.166 e. The molecule has 0 bridgehead atoms. The van der Waals surface area contributed by atoms with Gasteiger partial charge in [-0.15, -0.1) is 0 Å².